The van der Waals surface area contributed by atoms with E-state index in [1.54, 1.807) is 36.5 Å². The smallest absolute Gasteiger partial charge is 0.257 e. The summed E-state index contributed by atoms with van der Waals surface area (Å²) in [5.41, 5.74) is 3.32. The van der Waals surface area contributed by atoms with E-state index in [1.807, 2.05) is 67.5 Å². The lowest BCUT2D eigenvalue weighted by Crippen LogP contribution is -2.31. The molecule has 0 spiro atoms. The molecule has 0 saturated heterocycles. The highest BCUT2D eigenvalue weighted by Crippen LogP contribution is 2.30. The van der Waals surface area contributed by atoms with Gasteiger partial charge in [0, 0.05) is 57.9 Å². The van der Waals surface area contributed by atoms with E-state index in [-0.39, 0.29) is 17.4 Å². The number of benzene rings is 3. The maximum absolute atomic E-state index is 12.8. The minimum atomic E-state index is -0.278. The molecule has 0 aliphatic rings. The number of nitrogens with zero attached hydrogens (tertiary/aromatic N) is 2. The molecular formula is C30H28N6O3. The van der Waals surface area contributed by atoms with Crippen LogP contribution in [0.5, 0.6) is 0 Å². The van der Waals surface area contributed by atoms with Gasteiger partial charge in [0.1, 0.15) is 5.65 Å². The lowest BCUT2D eigenvalue weighted by molar-refractivity contribution is 0.0950. The first-order valence-corrected chi connectivity index (χ1v) is 12.5. The number of pyridine rings is 2. The standard InChI is InChI=1S/C30H28N6O3/c1-36(2)17-16-32-28(37)20-8-13-23-24(18-20)26-25(14-15-31-27(26)35-30(23)39)33-21-9-11-22(12-10-21)34-29(38)19-6-4-3-5-7-19/h3-15,18H,16-17H2,1-2H3,(H,32,37)(H,34,38)(H2,31,33,35,39). The monoisotopic (exact) mass is 520 g/mol. The van der Waals surface area contributed by atoms with Gasteiger partial charge in [0.25, 0.3) is 17.4 Å². The van der Waals surface area contributed by atoms with Crippen molar-refractivity contribution in [1.82, 2.24) is 20.2 Å². The molecule has 0 saturated carbocycles. The molecule has 5 aromatic rings. The number of carbonyl (C=O) groups is 2. The summed E-state index contributed by atoms with van der Waals surface area (Å²) in [4.78, 5) is 47.2. The van der Waals surface area contributed by atoms with Crippen molar-refractivity contribution in [3.63, 3.8) is 0 Å². The molecule has 9 nitrogen and oxygen atoms in total. The van der Waals surface area contributed by atoms with Crippen LogP contribution in [0.25, 0.3) is 21.8 Å². The summed E-state index contributed by atoms with van der Waals surface area (Å²) >= 11 is 0. The van der Waals surface area contributed by atoms with Gasteiger partial charge in [-0.15, -0.1) is 0 Å². The molecule has 5 rings (SSSR count). The first-order valence-electron chi connectivity index (χ1n) is 12.5. The number of aromatic amines is 1. The van der Waals surface area contributed by atoms with Crippen LogP contribution < -0.4 is 21.5 Å². The Morgan fingerprint density at radius 2 is 1.59 bits per heavy atom. The van der Waals surface area contributed by atoms with Gasteiger partial charge in [-0.3, -0.25) is 14.4 Å². The van der Waals surface area contributed by atoms with Crippen LogP contribution in [0.2, 0.25) is 0 Å². The van der Waals surface area contributed by atoms with E-state index in [9.17, 15) is 14.4 Å². The first-order chi connectivity index (χ1) is 18.9. The Balaban J connectivity index is 1.44. The first kappa shape index (κ1) is 25.6. The summed E-state index contributed by atoms with van der Waals surface area (Å²) < 4.78 is 0. The number of H-pyrrole nitrogens is 1. The van der Waals surface area contributed by atoms with Gasteiger partial charge in [0.2, 0.25) is 0 Å². The molecule has 0 fully saturated rings. The second-order valence-electron chi connectivity index (χ2n) is 9.38. The zero-order chi connectivity index (χ0) is 27.4. The SMILES string of the molecule is CN(C)CCNC(=O)c1ccc2c(=O)[nH]c3nccc(Nc4ccc(NC(=O)c5ccccc5)cc4)c3c2c1. The summed E-state index contributed by atoms with van der Waals surface area (Å²) in [5, 5.41) is 11.0. The molecule has 2 aromatic heterocycles. The van der Waals surface area contributed by atoms with Crippen molar-refractivity contribution in [3.8, 4) is 0 Å². The Kier molecular flexibility index (Phi) is 7.33. The zero-order valence-corrected chi connectivity index (χ0v) is 21.6. The highest BCUT2D eigenvalue weighted by atomic mass is 16.2. The van der Waals surface area contributed by atoms with Crippen LogP contribution >= 0.6 is 0 Å². The molecule has 0 aliphatic carbocycles. The second-order valence-corrected chi connectivity index (χ2v) is 9.38. The van der Waals surface area contributed by atoms with Crippen LogP contribution in [0.3, 0.4) is 0 Å². The Morgan fingerprint density at radius 3 is 2.33 bits per heavy atom. The predicted molar refractivity (Wildman–Crippen MR) is 155 cm³/mol. The summed E-state index contributed by atoms with van der Waals surface area (Å²) in [6.45, 7) is 1.23. The van der Waals surface area contributed by atoms with Crippen LogP contribution in [0, 0.1) is 0 Å². The molecule has 3 aromatic carbocycles. The van der Waals surface area contributed by atoms with Crippen molar-refractivity contribution < 1.29 is 9.59 Å². The highest BCUT2D eigenvalue weighted by Gasteiger charge is 2.14. The van der Waals surface area contributed by atoms with Crippen LogP contribution in [-0.2, 0) is 0 Å². The third-order valence-electron chi connectivity index (χ3n) is 6.28. The fourth-order valence-corrected chi connectivity index (χ4v) is 4.28. The Labute approximate surface area is 224 Å². The number of aromatic nitrogens is 2. The Morgan fingerprint density at radius 1 is 0.846 bits per heavy atom. The van der Waals surface area contributed by atoms with Gasteiger partial charge in [0.05, 0.1) is 5.69 Å². The molecule has 39 heavy (non-hydrogen) atoms. The maximum Gasteiger partial charge on any atom is 0.257 e. The third kappa shape index (κ3) is 5.78. The van der Waals surface area contributed by atoms with Gasteiger partial charge < -0.3 is 25.8 Å². The fraction of sp³-hybridized carbons (Fsp3) is 0.133. The van der Waals surface area contributed by atoms with E-state index in [0.29, 0.717) is 57.4 Å². The molecule has 0 bridgehead atoms. The molecule has 2 amide bonds. The van der Waals surface area contributed by atoms with Gasteiger partial charge in [-0.25, -0.2) is 4.98 Å². The van der Waals surface area contributed by atoms with Crippen LogP contribution in [-0.4, -0.2) is 53.9 Å². The number of anilines is 3. The zero-order valence-electron chi connectivity index (χ0n) is 21.6. The average molecular weight is 521 g/mol. The summed E-state index contributed by atoms with van der Waals surface area (Å²) in [6, 6.07) is 23.2. The molecular weight excluding hydrogens is 492 g/mol. The van der Waals surface area contributed by atoms with Crippen LogP contribution in [0.4, 0.5) is 17.1 Å². The van der Waals surface area contributed by atoms with E-state index >= 15 is 0 Å². The van der Waals surface area contributed by atoms with Gasteiger partial charge in [-0.2, -0.15) is 0 Å². The van der Waals surface area contributed by atoms with Crippen molar-refractivity contribution in [3.05, 3.63) is 107 Å². The molecule has 0 unspecified atom stereocenters. The summed E-state index contributed by atoms with van der Waals surface area (Å²) in [7, 11) is 3.88. The van der Waals surface area contributed by atoms with Gasteiger partial charge >= 0.3 is 0 Å². The Bertz CT molecular complexity index is 1710. The number of hydrogen-bond acceptors (Lipinski definition) is 6. The fourth-order valence-electron chi connectivity index (χ4n) is 4.28. The summed E-state index contributed by atoms with van der Waals surface area (Å²) in [5.74, 6) is -0.396. The normalized spacial score (nSPS) is 11.1. The van der Waals surface area contributed by atoms with Crippen molar-refractivity contribution in [2.24, 2.45) is 0 Å². The number of likely N-dealkylation sites (N-methyl/N-ethyl adjacent to an activating group) is 1. The number of carbonyl (C=O) groups excluding carboxylic acids is 2. The van der Waals surface area contributed by atoms with Gasteiger partial charge in [-0.1, -0.05) is 18.2 Å². The minimum absolute atomic E-state index is 0.187. The number of fused-ring (bicyclic) bond motifs is 3. The number of amides is 2. The molecule has 4 N–H and O–H groups in total. The highest BCUT2D eigenvalue weighted by molar-refractivity contribution is 6.13. The second kappa shape index (κ2) is 11.2. The number of nitrogens with one attached hydrogen (secondary N) is 4. The molecule has 0 aliphatic heterocycles. The van der Waals surface area contributed by atoms with E-state index in [0.717, 1.165) is 5.69 Å². The van der Waals surface area contributed by atoms with Crippen molar-refractivity contribution >= 4 is 50.7 Å². The molecule has 0 radical (unpaired) electrons. The van der Waals surface area contributed by atoms with Crippen LogP contribution in [0.15, 0.2) is 89.9 Å². The Hall–Kier alpha value is -5.02. The van der Waals surface area contributed by atoms with Crippen molar-refractivity contribution in [2.75, 3.05) is 37.8 Å². The van der Waals surface area contributed by atoms with E-state index in [4.69, 9.17) is 0 Å². The molecule has 0 atom stereocenters. The third-order valence-corrected chi connectivity index (χ3v) is 6.28. The predicted octanol–water partition coefficient (Wildman–Crippen LogP) is 4.36. The van der Waals surface area contributed by atoms with Crippen molar-refractivity contribution in [1.29, 1.82) is 0 Å². The maximum atomic E-state index is 12.8. The largest absolute Gasteiger partial charge is 0.355 e. The van der Waals surface area contributed by atoms with Gasteiger partial charge in [0.15, 0.2) is 0 Å². The lowest BCUT2D eigenvalue weighted by Gasteiger charge is -2.13. The van der Waals surface area contributed by atoms with E-state index < -0.39 is 0 Å². The topological polar surface area (TPSA) is 119 Å². The van der Waals surface area contributed by atoms with Gasteiger partial charge in [-0.05, 0) is 74.8 Å². The van der Waals surface area contributed by atoms with E-state index in [2.05, 4.69) is 25.9 Å². The number of hydrogen-bond donors (Lipinski definition) is 4. The van der Waals surface area contributed by atoms with Crippen molar-refractivity contribution in [2.45, 2.75) is 0 Å². The molecule has 9 heteroatoms. The summed E-state index contributed by atoms with van der Waals surface area (Å²) in [6.07, 6.45) is 1.61. The van der Waals surface area contributed by atoms with E-state index in [1.165, 1.54) is 0 Å². The van der Waals surface area contributed by atoms with Crippen LogP contribution in [0.1, 0.15) is 20.7 Å². The quantitative estimate of drug-likeness (QED) is 0.226. The molecule has 196 valence electrons. The number of rotatable bonds is 8. The lowest BCUT2D eigenvalue weighted by atomic mass is 10.0. The minimum Gasteiger partial charge on any atom is -0.355 e. The molecule has 2 heterocycles. The average Bonchev–Trinajstić information content (AvgIpc) is 2.94.